The molecular weight excluding hydrogens is 192 g/mol. The molecule has 0 bridgehead atoms. The summed E-state index contributed by atoms with van der Waals surface area (Å²) in [5, 5.41) is 2.84. The molecule has 0 saturated carbocycles. The van der Waals surface area contributed by atoms with E-state index in [2.05, 4.69) is 10.3 Å². The zero-order valence-corrected chi connectivity index (χ0v) is 8.69. The molecule has 4 nitrogen and oxygen atoms in total. The summed E-state index contributed by atoms with van der Waals surface area (Å²) in [7, 11) is 0. The number of rotatable bonds is 3. The van der Waals surface area contributed by atoms with Crippen molar-refractivity contribution < 1.29 is 9.53 Å². The fourth-order valence-corrected chi connectivity index (χ4v) is 1.53. The molecule has 0 radical (unpaired) electrons. The standard InChI is InChI=1S/C11H14N2O2/c1-8-2-5-11(12-6-8)15-7-9-3-4-10(14)13-9/h2,5-6,9H,3-4,7H2,1H3,(H,13,14)/t9-/m1/s1. The Morgan fingerprint density at radius 2 is 2.47 bits per heavy atom. The highest BCUT2D eigenvalue weighted by Crippen LogP contribution is 2.10. The Hall–Kier alpha value is -1.58. The maximum absolute atomic E-state index is 10.9. The van der Waals surface area contributed by atoms with Crippen LogP contribution in [0, 0.1) is 6.92 Å². The van der Waals surface area contributed by atoms with E-state index in [0.717, 1.165) is 12.0 Å². The number of aromatic nitrogens is 1. The summed E-state index contributed by atoms with van der Waals surface area (Å²) in [6.07, 6.45) is 3.22. The van der Waals surface area contributed by atoms with Crippen LogP contribution in [0.25, 0.3) is 0 Å². The van der Waals surface area contributed by atoms with Crippen molar-refractivity contribution in [2.75, 3.05) is 6.61 Å². The molecule has 1 atom stereocenters. The van der Waals surface area contributed by atoms with Crippen LogP contribution >= 0.6 is 0 Å². The van der Waals surface area contributed by atoms with Crippen molar-refractivity contribution in [3.8, 4) is 5.88 Å². The molecular formula is C11H14N2O2. The van der Waals surface area contributed by atoms with Crippen LogP contribution in [0.4, 0.5) is 0 Å². The summed E-state index contributed by atoms with van der Waals surface area (Å²) in [6.45, 7) is 2.48. The molecule has 15 heavy (non-hydrogen) atoms. The van der Waals surface area contributed by atoms with Crippen molar-refractivity contribution in [2.45, 2.75) is 25.8 Å². The van der Waals surface area contributed by atoms with E-state index < -0.39 is 0 Å². The molecule has 2 heterocycles. The number of amides is 1. The van der Waals surface area contributed by atoms with Crippen molar-refractivity contribution in [1.82, 2.24) is 10.3 Å². The van der Waals surface area contributed by atoms with Gasteiger partial charge in [0.15, 0.2) is 0 Å². The average Bonchev–Trinajstić information content (AvgIpc) is 2.64. The van der Waals surface area contributed by atoms with Gasteiger partial charge in [-0.15, -0.1) is 0 Å². The minimum atomic E-state index is 0.112. The van der Waals surface area contributed by atoms with Gasteiger partial charge in [-0.25, -0.2) is 4.98 Å². The molecule has 0 unspecified atom stereocenters. The van der Waals surface area contributed by atoms with Gasteiger partial charge in [0.05, 0.1) is 6.04 Å². The summed E-state index contributed by atoms with van der Waals surface area (Å²) >= 11 is 0. The van der Waals surface area contributed by atoms with Crippen LogP contribution in [0.1, 0.15) is 18.4 Å². The number of carbonyl (C=O) groups excluding carboxylic acids is 1. The summed E-state index contributed by atoms with van der Waals surface area (Å²) in [6, 6.07) is 3.93. The lowest BCUT2D eigenvalue weighted by atomic mass is 10.2. The molecule has 2 rings (SSSR count). The number of pyridine rings is 1. The number of nitrogens with one attached hydrogen (secondary N) is 1. The van der Waals surface area contributed by atoms with Crippen molar-refractivity contribution in [3.05, 3.63) is 23.9 Å². The van der Waals surface area contributed by atoms with E-state index in [-0.39, 0.29) is 11.9 Å². The van der Waals surface area contributed by atoms with Crippen LogP contribution < -0.4 is 10.1 Å². The molecule has 1 aliphatic heterocycles. The van der Waals surface area contributed by atoms with Crippen molar-refractivity contribution in [1.29, 1.82) is 0 Å². The second kappa shape index (κ2) is 4.29. The van der Waals surface area contributed by atoms with Gasteiger partial charge in [-0.05, 0) is 18.9 Å². The lowest BCUT2D eigenvalue weighted by Gasteiger charge is -2.10. The van der Waals surface area contributed by atoms with E-state index >= 15 is 0 Å². The van der Waals surface area contributed by atoms with Crippen molar-refractivity contribution >= 4 is 5.91 Å². The molecule has 0 aliphatic carbocycles. The molecule has 1 aliphatic rings. The Morgan fingerprint density at radius 3 is 3.07 bits per heavy atom. The lowest BCUT2D eigenvalue weighted by molar-refractivity contribution is -0.119. The van der Waals surface area contributed by atoms with Crippen LogP contribution in [-0.2, 0) is 4.79 Å². The van der Waals surface area contributed by atoms with Crippen LogP contribution in [0.3, 0.4) is 0 Å². The minimum absolute atomic E-state index is 0.112. The molecule has 0 spiro atoms. The zero-order chi connectivity index (χ0) is 10.7. The van der Waals surface area contributed by atoms with Crippen LogP contribution in [0.2, 0.25) is 0 Å². The molecule has 1 fully saturated rings. The first kappa shape index (κ1) is 9.96. The first-order valence-electron chi connectivity index (χ1n) is 5.09. The van der Waals surface area contributed by atoms with Crippen molar-refractivity contribution in [2.24, 2.45) is 0 Å². The number of carbonyl (C=O) groups is 1. The molecule has 4 heteroatoms. The van der Waals surface area contributed by atoms with E-state index in [1.165, 1.54) is 0 Å². The first-order valence-corrected chi connectivity index (χ1v) is 5.09. The highest BCUT2D eigenvalue weighted by Gasteiger charge is 2.20. The summed E-state index contributed by atoms with van der Waals surface area (Å²) in [5.74, 6) is 0.724. The quantitative estimate of drug-likeness (QED) is 0.804. The van der Waals surface area contributed by atoms with Gasteiger partial charge in [-0.1, -0.05) is 6.07 Å². The van der Waals surface area contributed by atoms with E-state index in [0.29, 0.717) is 18.9 Å². The predicted octanol–water partition coefficient (Wildman–Crippen LogP) is 1.05. The Balaban J connectivity index is 1.83. The first-order chi connectivity index (χ1) is 7.24. The summed E-state index contributed by atoms with van der Waals surface area (Å²) in [5.41, 5.74) is 1.11. The third-order valence-electron chi connectivity index (χ3n) is 2.40. The van der Waals surface area contributed by atoms with Gasteiger partial charge in [-0.2, -0.15) is 0 Å². The van der Waals surface area contributed by atoms with Crippen LogP contribution in [-0.4, -0.2) is 23.5 Å². The predicted molar refractivity (Wildman–Crippen MR) is 55.6 cm³/mol. The Labute approximate surface area is 88.7 Å². The monoisotopic (exact) mass is 206 g/mol. The third-order valence-corrected chi connectivity index (χ3v) is 2.40. The molecule has 80 valence electrons. The Morgan fingerprint density at radius 1 is 1.60 bits per heavy atom. The largest absolute Gasteiger partial charge is 0.475 e. The van der Waals surface area contributed by atoms with E-state index in [9.17, 15) is 4.79 Å². The van der Waals surface area contributed by atoms with Gasteiger partial charge in [0, 0.05) is 18.7 Å². The zero-order valence-electron chi connectivity index (χ0n) is 8.69. The van der Waals surface area contributed by atoms with Crippen LogP contribution in [0.15, 0.2) is 18.3 Å². The highest BCUT2D eigenvalue weighted by atomic mass is 16.5. The summed E-state index contributed by atoms with van der Waals surface area (Å²) < 4.78 is 5.47. The molecule has 1 amide bonds. The fraction of sp³-hybridized carbons (Fsp3) is 0.455. The summed E-state index contributed by atoms with van der Waals surface area (Å²) in [4.78, 5) is 15.1. The average molecular weight is 206 g/mol. The Kier molecular flexibility index (Phi) is 2.85. The normalized spacial score (nSPS) is 20.1. The second-order valence-electron chi connectivity index (χ2n) is 3.79. The van der Waals surface area contributed by atoms with Gasteiger partial charge >= 0.3 is 0 Å². The number of aryl methyl sites for hydroxylation is 1. The maximum atomic E-state index is 10.9. The number of hydrogen-bond donors (Lipinski definition) is 1. The Bertz CT molecular complexity index is 348. The highest BCUT2D eigenvalue weighted by molar-refractivity contribution is 5.78. The molecule has 1 aromatic rings. The van der Waals surface area contributed by atoms with Gasteiger partial charge in [0.2, 0.25) is 11.8 Å². The van der Waals surface area contributed by atoms with Crippen molar-refractivity contribution in [3.63, 3.8) is 0 Å². The molecule has 1 aromatic heterocycles. The molecule has 1 saturated heterocycles. The number of ether oxygens (including phenoxy) is 1. The SMILES string of the molecule is Cc1ccc(OC[C@H]2CCC(=O)N2)nc1. The van der Waals surface area contributed by atoms with E-state index in [4.69, 9.17) is 4.74 Å². The van der Waals surface area contributed by atoms with Gasteiger partial charge in [0.1, 0.15) is 6.61 Å². The number of hydrogen-bond acceptors (Lipinski definition) is 3. The van der Waals surface area contributed by atoms with E-state index in [1.807, 2.05) is 19.1 Å². The molecule has 0 aromatic carbocycles. The van der Waals surface area contributed by atoms with Gasteiger partial charge in [-0.3, -0.25) is 4.79 Å². The fourth-order valence-electron chi connectivity index (χ4n) is 1.53. The smallest absolute Gasteiger partial charge is 0.220 e. The van der Waals surface area contributed by atoms with Gasteiger partial charge in [0.25, 0.3) is 0 Å². The van der Waals surface area contributed by atoms with Gasteiger partial charge < -0.3 is 10.1 Å². The van der Waals surface area contributed by atoms with E-state index in [1.54, 1.807) is 6.20 Å². The lowest BCUT2D eigenvalue weighted by Crippen LogP contribution is -2.30. The number of nitrogens with zero attached hydrogens (tertiary/aromatic N) is 1. The third kappa shape index (κ3) is 2.68. The van der Waals surface area contributed by atoms with Crippen LogP contribution in [0.5, 0.6) is 5.88 Å². The maximum Gasteiger partial charge on any atom is 0.220 e. The topological polar surface area (TPSA) is 51.2 Å². The minimum Gasteiger partial charge on any atom is -0.475 e. The second-order valence-corrected chi connectivity index (χ2v) is 3.79. The molecule has 1 N–H and O–H groups in total.